The van der Waals surface area contributed by atoms with Crippen molar-refractivity contribution in [2.45, 2.75) is 25.1 Å². The highest BCUT2D eigenvalue weighted by Gasteiger charge is 2.20. The van der Waals surface area contributed by atoms with Gasteiger partial charge in [0.25, 0.3) is 0 Å². The molecule has 0 heterocycles. The summed E-state index contributed by atoms with van der Waals surface area (Å²) in [5, 5.41) is -0.420. The van der Waals surface area contributed by atoms with Gasteiger partial charge in [-0.15, -0.1) is 0 Å². The predicted octanol–water partition coefficient (Wildman–Crippen LogP) is 1.68. The molecule has 0 aromatic heterocycles. The van der Waals surface area contributed by atoms with E-state index >= 15 is 0 Å². The number of nitrogens with zero attached hydrogens (tertiary/aromatic N) is 2. The largest absolute Gasteiger partial charge is 0.378 e. The first-order valence-electron chi connectivity index (χ1n) is 7.07. The first-order valence-corrected chi connectivity index (χ1v) is 8.62. The molecule has 0 fully saturated rings. The highest BCUT2D eigenvalue weighted by molar-refractivity contribution is 7.90. The lowest BCUT2D eigenvalue weighted by Crippen LogP contribution is -2.37. The highest BCUT2D eigenvalue weighted by Crippen LogP contribution is 2.21. The van der Waals surface area contributed by atoms with Crippen LogP contribution in [0.15, 0.2) is 24.3 Å². The zero-order chi connectivity index (χ0) is 16.2. The second kappa shape index (κ2) is 7.24. The molecular weight excluding hydrogens is 286 g/mol. The second-order valence-electron chi connectivity index (χ2n) is 5.91. The number of likely N-dealkylation sites (N-methyl/N-ethyl adjacent to an activating group) is 1. The van der Waals surface area contributed by atoms with E-state index < -0.39 is 15.3 Å². The molecule has 0 aliphatic heterocycles. The van der Waals surface area contributed by atoms with Crippen LogP contribution >= 0.6 is 0 Å². The number of sulfonamides is 1. The van der Waals surface area contributed by atoms with Crippen molar-refractivity contribution in [2.24, 2.45) is 0 Å². The van der Waals surface area contributed by atoms with Crippen LogP contribution in [0.1, 0.15) is 25.5 Å². The minimum atomic E-state index is -3.24. The van der Waals surface area contributed by atoms with E-state index in [1.54, 1.807) is 13.8 Å². The van der Waals surface area contributed by atoms with Crippen LogP contribution in [0.4, 0.5) is 5.69 Å². The number of nitrogens with one attached hydrogen (secondary N) is 1. The SMILES string of the molecule is CC(C)S(=O)(=O)NC[C@H](c1ccc(N(C)C)cc1)N(C)C. The van der Waals surface area contributed by atoms with Crippen molar-refractivity contribution in [3.63, 3.8) is 0 Å². The van der Waals surface area contributed by atoms with Gasteiger partial charge in [0, 0.05) is 32.4 Å². The van der Waals surface area contributed by atoms with Crippen LogP contribution in [0.3, 0.4) is 0 Å². The molecule has 0 spiro atoms. The predicted molar refractivity (Wildman–Crippen MR) is 89.3 cm³/mol. The molecule has 0 radical (unpaired) electrons. The van der Waals surface area contributed by atoms with Crippen LogP contribution in [-0.2, 0) is 10.0 Å². The van der Waals surface area contributed by atoms with Gasteiger partial charge >= 0.3 is 0 Å². The normalized spacial score (nSPS) is 13.7. The third kappa shape index (κ3) is 4.98. The Kier molecular flexibility index (Phi) is 6.19. The molecule has 0 saturated carbocycles. The summed E-state index contributed by atoms with van der Waals surface area (Å²) >= 11 is 0. The molecule has 1 aromatic rings. The lowest BCUT2D eigenvalue weighted by Gasteiger charge is -2.26. The summed E-state index contributed by atoms with van der Waals surface area (Å²) in [7, 11) is 4.65. The van der Waals surface area contributed by atoms with E-state index in [1.165, 1.54) is 0 Å². The van der Waals surface area contributed by atoms with E-state index in [2.05, 4.69) is 4.72 Å². The van der Waals surface area contributed by atoms with E-state index in [0.29, 0.717) is 6.54 Å². The van der Waals surface area contributed by atoms with Crippen molar-refractivity contribution < 1.29 is 8.42 Å². The molecule has 21 heavy (non-hydrogen) atoms. The number of anilines is 1. The Labute approximate surface area is 129 Å². The molecule has 1 rings (SSSR count). The average molecular weight is 313 g/mol. The topological polar surface area (TPSA) is 52.7 Å². The maximum Gasteiger partial charge on any atom is 0.213 e. The van der Waals surface area contributed by atoms with E-state index in [1.807, 2.05) is 62.3 Å². The highest BCUT2D eigenvalue weighted by atomic mass is 32.2. The third-order valence-corrected chi connectivity index (χ3v) is 5.33. The van der Waals surface area contributed by atoms with Gasteiger partial charge < -0.3 is 9.80 Å². The van der Waals surface area contributed by atoms with Crippen molar-refractivity contribution in [3.05, 3.63) is 29.8 Å². The van der Waals surface area contributed by atoms with E-state index in [4.69, 9.17) is 0 Å². The Bertz CT molecular complexity index is 537. The van der Waals surface area contributed by atoms with Crippen LogP contribution in [0.25, 0.3) is 0 Å². The van der Waals surface area contributed by atoms with Gasteiger partial charge in [0.15, 0.2) is 0 Å². The molecule has 120 valence electrons. The Morgan fingerprint density at radius 1 is 1.05 bits per heavy atom. The lowest BCUT2D eigenvalue weighted by molar-refractivity contribution is 0.299. The number of hydrogen-bond donors (Lipinski definition) is 1. The average Bonchev–Trinajstić information content (AvgIpc) is 2.38. The first-order chi connectivity index (χ1) is 9.65. The Hall–Kier alpha value is -1.11. The monoisotopic (exact) mass is 313 g/mol. The molecule has 0 aliphatic rings. The lowest BCUT2D eigenvalue weighted by atomic mass is 10.1. The first kappa shape index (κ1) is 17.9. The molecule has 1 N–H and O–H groups in total. The molecular formula is C15H27N3O2S. The molecule has 1 aromatic carbocycles. The molecule has 6 heteroatoms. The molecule has 0 bridgehead atoms. The fourth-order valence-corrected chi connectivity index (χ4v) is 2.68. The molecule has 5 nitrogen and oxygen atoms in total. The summed E-state index contributed by atoms with van der Waals surface area (Å²) in [4.78, 5) is 4.06. The summed E-state index contributed by atoms with van der Waals surface area (Å²) in [5.74, 6) is 0. The van der Waals surface area contributed by atoms with Crippen LogP contribution in [0, 0.1) is 0 Å². The van der Waals surface area contributed by atoms with Crippen LogP contribution < -0.4 is 9.62 Å². The van der Waals surface area contributed by atoms with Crippen molar-refractivity contribution >= 4 is 15.7 Å². The zero-order valence-electron chi connectivity index (χ0n) is 13.8. The van der Waals surface area contributed by atoms with Crippen molar-refractivity contribution in [1.82, 2.24) is 9.62 Å². The quantitative estimate of drug-likeness (QED) is 0.832. The third-order valence-electron chi connectivity index (χ3n) is 3.52. The summed E-state index contributed by atoms with van der Waals surface area (Å²) in [6, 6.07) is 8.19. The summed E-state index contributed by atoms with van der Waals surface area (Å²) in [5.41, 5.74) is 2.22. The van der Waals surface area contributed by atoms with Crippen molar-refractivity contribution in [3.8, 4) is 0 Å². The Morgan fingerprint density at radius 2 is 1.57 bits per heavy atom. The summed E-state index contributed by atoms with van der Waals surface area (Å²) < 4.78 is 26.5. The van der Waals surface area contributed by atoms with Gasteiger partial charge in [-0.05, 0) is 45.6 Å². The maximum absolute atomic E-state index is 11.9. The van der Waals surface area contributed by atoms with Crippen LogP contribution in [-0.4, -0.2) is 53.3 Å². The summed E-state index contributed by atoms with van der Waals surface area (Å²) in [6.45, 7) is 3.73. The molecule has 0 amide bonds. The second-order valence-corrected chi connectivity index (χ2v) is 8.23. The molecule has 1 atom stereocenters. The fraction of sp³-hybridized carbons (Fsp3) is 0.600. The minimum absolute atomic E-state index is 0.00902. The van der Waals surface area contributed by atoms with E-state index in [0.717, 1.165) is 11.3 Å². The zero-order valence-corrected chi connectivity index (χ0v) is 14.6. The standard InChI is InChI=1S/C15H27N3O2S/c1-12(2)21(19,20)16-11-15(18(5)6)13-7-9-14(10-8-13)17(3)4/h7-10,12,15-16H,11H2,1-6H3/t15-/m1/s1. The van der Waals surface area contributed by atoms with Crippen LogP contribution in [0.5, 0.6) is 0 Å². The van der Waals surface area contributed by atoms with Gasteiger partial charge in [-0.1, -0.05) is 12.1 Å². The smallest absolute Gasteiger partial charge is 0.213 e. The molecule has 0 unspecified atom stereocenters. The number of benzene rings is 1. The van der Waals surface area contributed by atoms with Crippen molar-refractivity contribution in [2.75, 3.05) is 39.6 Å². The van der Waals surface area contributed by atoms with E-state index in [9.17, 15) is 8.42 Å². The van der Waals surface area contributed by atoms with Crippen molar-refractivity contribution in [1.29, 1.82) is 0 Å². The van der Waals surface area contributed by atoms with Gasteiger partial charge in [0.05, 0.1) is 5.25 Å². The van der Waals surface area contributed by atoms with Gasteiger partial charge in [-0.25, -0.2) is 13.1 Å². The Morgan fingerprint density at radius 3 is 1.95 bits per heavy atom. The minimum Gasteiger partial charge on any atom is -0.378 e. The van der Waals surface area contributed by atoms with Gasteiger partial charge in [0.2, 0.25) is 10.0 Å². The van der Waals surface area contributed by atoms with E-state index in [-0.39, 0.29) is 6.04 Å². The Balaban J connectivity index is 2.87. The maximum atomic E-state index is 11.9. The van der Waals surface area contributed by atoms with Gasteiger partial charge in [0.1, 0.15) is 0 Å². The van der Waals surface area contributed by atoms with Crippen LogP contribution in [0.2, 0.25) is 0 Å². The fourth-order valence-electron chi connectivity index (χ4n) is 1.95. The molecule has 0 aliphatic carbocycles. The van der Waals surface area contributed by atoms with Gasteiger partial charge in [-0.2, -0.15) is 0 Å². The molecule has 0 saturated heterocycles. The van der Waals surface area contributed by atoms with Gasteiger partial charge in [-0.3, -0.25) is 0 Å². The number of hydrogen-bond acceptors (Lipinski definition) is 4. The number of rotatable bonds is 7. The summed E-state index contributed by atoms with van der Waals surface area (Å²) in [6.07, 6.45) is 0.